The van der Waals surface area contributed by atoms with Crippen molar-refractivity contribution in [2.45, 2.75) is 72.1 Å². The number of carbonyl (C=O) groups excluding carboxylic acids is 2. The van der Waals surface area contributed by atoms with E-state index in [0.29, 0.717) is 25.5 Å². The number of nitrogens with zero attached hydrogens (tertiary/aromatic N) is 1. The number of ether oxygens (including phenoxy) is 1. The van der Waals surface area contributed by atoms with Crippen molar-refractivity contribution < 1.29 is 14.3 Å². The Morgan fingerprint density at radius 3 is 2.16 bits per heavy atom. The molecule has 0 fully saturated rings. The van der Waals surface area contributed by atoms with Crippen LogP contribution in [-0.2, 0) is 9.53 Å². The van der Waals surface area contributed by atoms with Gasteiger partial charge in [-0.1, -0.05) is 0 Å². The summed E-state index contributed by atoms with van der Waals surface area (Å²) in [6, 6.07) is 0.129. The SMILES string of the molecule is CN=C(NCCC(=O)NC(C)C)NCC(C)(C)NC(=O)OC(C)(C)C. The predicted octanol–water partition coefficient (Wildman–Crippen LogP) is 1.37. The van der Waals surface area contributed by atoms with Crippen molar-refractivity contribution in [3.63, 3.8) is 0 Å². The summed E-state index contributed by atoms with van der Waals surface area (Å²) >= 11 is 0. The molecule has 8 nitrogen and oxygen atoms in total. The smallest absolute Gasteiger partial charge is 0.408 e. The molecule has 0 rings (SSSR count). The molecule has 0 aromatic carbocycles. The molecule has 0 radical (unpaired) electrons. The van der Waals surface area contributed by atoms with Crippen LogP contribution >= 0.6 is 0 Å². The molecular weight excluding hydrogens is 322 g/mol. The van der Waals surface area contributed by atoms with E-state index in [2.05, 4.69) is 26.3 Å². The summed E-state index contributed by atoms with van der Waals surface area (Å²) in [7, 11) is 1.65. The first-order chi connectivity index (χ1) is 11.3. The number of alkyl carbamates (subject to hydrolysis) is 1. The summed E-state index contributed by atoms with van der Waals surface area (Å²) in [4.78, 5) is 27.6. The molecule has 8 heteroatoms. The number of guanidine groups is 1. The topological polar surface area (TPSA) is 104 Å². The number of nitrogens with one attached hydrogen (secondary N) is 4. The summed E-state index contributed by atoms with van der Waals surface area (Å²) in [6.45, 7) is 14.0. The Labute approximate surface area is 151 Å². The maximum Gasteiger partial charge on any atom is 0.408 e. The molecule has 2 amide bonds. The second kappa shape index (κ2) is 10.1. The molecule has 0 aliphatic rings. The highest BCUT2D eigenvalue weighted by Gasteiger charge is 2.24. The summed E-state index contributed by atoms with van der Waals surface area (Å²) in [5, 5.41) is 11.8. The molecule has 0 aromatic rings. The van der Waals surface area contributed by atoms with Crippen LogP contribution in [0.2, 0.25) is 0 Å². The van der Waals surface area contributed by atoms with Gasteiger partial charge in [-0.25, -0.2) is 4.79 Å². The van der Waals surface area contributed by atoms with Crippen molar-refractivity contribution in [2.75, 3.05) is 20.1 Å². The van der Waals surface area contributed by atoms with Gasteiger partial charge in [0.05, 0.1) is 5.54 Å². The van der Waals surface area contributed by atoms with Crippen molar-refractivity contribution in [2.24, 2.45) is 4.99 Å². The highest BCUT2D eigenvalue weighted by atomic mass is 16.6. The van der Waals surface area contributed by atoms with Gasteiger partial charge >= 0.3 is 6.09 Å². The second-order valence-electron chi connectivity index (χ2n) is 7.84. The average molecular weight is 357 g/mol. The molecule has 25 heavy (non-hydrogen) atoms. The van der Waals surface area contributed by atoms with Gasteiger partial charge in [0.15, 0.2) is 5.96 Å². The fourth-order valence-electron chi connectivity index (χ4n) is 1.84. The summed E-state index contributed by atoms with van der Waals surface area (Å²) < 4.78 is 5.26. The lowest BCUT2D eigenvalue weighted by molar-refractivity contribution is -0.121. The van der Waals surface area contributed by atoms with Crippen molar-refractivity contribution >= 4 is 18.0 Å². The quantitative estimate of drug-likeness (QED) is 0.407. The lowest BCUT2D eigenvalue weighted by atomic mass is 10.1. The Kier molecular flexibility index (Phi) is 9.30. The highest BCUT2D eigenvalue weighted by Crippen LogP contribution is 2.09. The second-order valence-corrected chi connectivity index (χ2v) is 7.84. The van der Waals surface area contributed by atoms with Gasteiger partial charge < -0.3 is 26.0 Å². The first kappa shape index (κ1) is 23.0. The lowest BCUT2D eigenvalue weighted by Gasteiger charge is -2.29. The third-order valence-corrected chi connectivity index (χ3v) is 2.85. The van der Waals surface area contributed by atoms with E-state index in [-0.39, 0.29) is 11.9 Å². The van der Waals surface area contributed by atoms with Crippen molar-refractivity contribution in [1.82, 2.24) is 21.3 Å². The van der Waals surface area contributed by atoms with Gasteiger partial charge in [-0.05, 0) is 48.5 Å². The van der Waals surface area contributed by atoms with E-state index >= 15 is 0 Å². The molecule has 0 saturated heterocycles. The van der Waals surface area contributed by atoms with Crippen LogP contribution in [0.25, 0.3) is 0 Å². The van der Waals surface area contributed by atoms with Crippen LogP contribution < -0.4 is 21.3 Å². The third kappa shape index (κ3) is 13.0. The van der Waals surface area contributed by atoms with Gasteiger partial charge in [0.2, 0.25) is 5.91 Å². The van der Waals surface area contributed by atoms with E-state index in [1.807, 2.05) is 48.5 Å². The molecule has 0 unspecified atom stereocenters. The number of rotatable bonds is 7. The number of carbonyl (C=O) groups is 2. The van der Waals surface area contributed by atoms with Crippen LogP contribution in [0.15, 0.2) is 4.99 Å². The zero-order valence-electron chi connectivity index (χ0n) is 16.9. The minimum absolute atomic E-state index is 0.00937. The van der Waals surface area contributed by atoms with Gasteiger partial charge in [0.25, 0.3) is 0 Å². The van der Waals surface area contributed by atoms with E-state index in [1.165, 1.54) is 0 Å². The van der Waals surface area contributed by atoms with Crippen molar-refractivity contribution in [3.05, 3.63) is 0 Å². The van der Waals surface area contributed by atoms with Gasteiger partial charge in [-0.2, -0.15) is 0 Å². The van der Waals surface area contributed by atoms with Crippen LogP contribution in [0.1, 0.15) is 54.9 Å². The van der Waals surface area contributed by atoms with Crippen LogP contribution in [0.3, 0.4) is 0 Å². The minimum Gasteiger partial charge on any atom is -0.444 e. The molecule has 0 atom stereocenters. The van der Waals surface area contributed by atoms with Crippen LogP contribution in [0.5, 0.6) is 0 Å². The largest absolute Gasteiger partial charge is 0.444 e. The number of hydrogen-bond acceptors (Lipinski definition) is 4. The zero-order chi connectivity index (χ0) is 19.7. The van der Waals surface area contributed by atoms with Gasteiger partial charge in [-0.3, -0.25) is 9.79 Å². The molecule has 0 spiro atoms. The Hall–Kier alpha value is -1.99. The molecular formula is C17H35N5O3. The molecule has 0 aliphatic heterocycles. The zero-order valence-corrected chi connectivity index (χ0v) is 16.9. The Balaban J connectivity index is 4.27. The molecule has 4 N–H and O–H groups in total. The normalized spacial score (nSPS) is 12.6. The van der Waals surface area contributed by atoms with E-state index < -0.39 is 17.2 Å². The Morgan fingerprint density at radius 1 is 1.08 bits per heavy atom. The number of aliphatic imine (C=N–C) groups is 1. The first-order valence-corrected chi connectivity index (χ1v) is 8.59. The fraction of sp³-hybridized carbons (Fsp3) is 0.824. The summed E-state index contributed by atoms with van der Waals surface area (Å²) in [5.41, 5.74) is -1.07. The highest BCUT2D eigenvalue weighted by molar-refractivity contribution is 5.81. The van der Waals surface area contributed by atoms with Crippen molar-refractivity contribution in [3.8, 4) is 0 Å². The summed E-state index contributed by atoms with van der Waals surface area (Å²) in [5.74, 6) is 0.557. The van der Waals surface area contributed by atoms with Gasteiger partial charge in [0, 0.05) is 32.6 Å². The van der Waals surface area contributed by atoms with E-state index in [0.717, 1.165) is 0 Å². The molecule has 0 aromatic heterocycles. The average Bonchev–Trinajstić information content (AvgIpc) is 2.38. The first-order valence-electron chi connectivity index (χ1n) is 8.59. The van der Waals surface area contributed by atoms with Crippen molar-refractivity contribution in [1.29, 1.82) is 0 Å². The molecule has 0 saturated carbocycles. The summed E-state index contributed by atoms with van der Waals surface area (Å²) in [6.07, 6.45) is -0.106. The Morgan fingerprint density at radius 2 is 1.68 bits per heavy atom. The monoisotopic (exact) mass is 357 g/mol. The lowest BCUT2D eigenvalue weighted by Crippen LogP contribution is -2.54. The van der Waals surface area contributed by atoms with E-state index in [4.69, 9.17) is 4.74 Å². The van der Waals surface area contributed by atoms with Gasteiger partial charge in [0.1, 0.15) is 5.60 Å². The van der Waals surface area contributed by atoms with E-state index in [9.17, 15) is 9.59 Å². The maximum absolute atomic E-state index is 11.9. The van der Waals surface area contributed by atoms with Gasteiger partial charge in [-0.15, -0.1) is 0 Å². The third-order valence-electron chi connectivity index (χ3n) is 2.85. The van der Waals surface area contributed by atoms with Crippen LogP contribution in [0, 0.1) is 0 Å². The van der Waals surface area contributed by atoms with E-state index in [1.54, 1.807) is 7.05 Å². The number of amides is 2. The predicted molar refractivity (Wildman–Crippen MR) is 101 cm³/mol. The standard InChI is InChI=1S/C17H35N5O3/c1-12(2)21-13(23)9-10-19-14(18-8)20-11-17(6,7)22-15(24)25-16(3,4)5/h12H,9-11H2,1-8H3,(H,21,23)(H,22,24)(H2,18,19,20). The fourth-order valence-corrected chi connectivity index (χ4v) is 1.84. The van der Waals surface area contributed by atoms with Crippen LogP contribution in [0.4, 0.5) is 4.79 Å². The Bertz CT molecular complexity index is 467. The molecule has 0 heterocycles. The molecule has 0 bridgehead atoms. The maximum atomic E-state index is 11.9. The minimum atomic E-state index is -0.540. The van der Waals surface area contributed by atoms with Crippen LogP contribution in [-0.4, -0.2) is 55.3 Å². The molecule has 0 aliphatic carbocycles. The molecule has 146 valence electrons. The number of hydrogen-bond donors (Lipinski definition) is 4.